The van der Waals surface area contributed by atoms with E-state index in [9.17, 15) is 4.79 Å². The minimum absolute atomic E-state index is 0.323. The molecule has 4 heteroatoms. The predicted octanol–water partition coefficient (Wildman–Crippen LogP) is 2.08. The van der Waals surface area contributed by atoms with Gasteiger partial charge in [-0.3, -0.25) is 4.98 Å². The highest BCUT2D eigenvalue weighted by Gasteiger charge is 2.15. The zero-order valence-corrected chi connectivity index (χ0v) is 10.5. The minimum atomic E-state index is -0.421. The van der Waals surface area contributed by atoms with E-state index >= 15 is 0 Å². The lowest BCUT2D eigenvalue weighted by molar-refractivity contribution is 0.0592. The summed E-state index contributed by atoms with van der Waals surface area (Å²) in [6.07, 6.45) is 0.823. The van der Waals surface area contributed by atoms with Crippen LogP contribution in [0.2, 0.25) is 0 Å². The maximum atomic E-state index is 11.5. The van der Waals surface area contributed by atoms with Gasteiger partial charge in [-0.2, -0.15) is 0 Å². The number of hydrogen-bond acceptors (Lipinski definition) is 4. The van der Waals surface area contributed by atoms with Crippen LogP contribution >= 0.6 is 0 Å². The van der Waals surface area contributed by atoms with E-state index in [1.54, 1.807) is 6.92 Å². The molecule has 0 amide bonds. The molecule has 0 radical (unpaired) electrons. The Balaban J connectivity index is 3.16. The van der Waals surface area contributed by atoms with Crippen molar-refractivity contribution in [3.63, 3.8) is 0 Å². The van der Waals surface area contributed by atoms with Gasteiger partial charge in [-0.15, -0.1) is 0 Å². The Morgan fingerprint density at radius 3 is 2.38 bits per heavy atom. The van der Waals surface area contributed by atoms with Crippen molar-refractivity contribution < 1.29 is 9.53 Å². The van der Waals surface area contributed by atoms with Crippen LogP contribution in [0.4, 0.5) is 0 Å². The fraction of sp³-hybridized carbons (Fsp3) is 0.583. The van der Waals surface area contributed by atoms with E-state index in [0.717, 1.165) is 17.8 Å². The van der Waals surface area contributed by atoms with Crippen LogP contribution < -0.4 is 0 Å². The summed E-state index contributed by atoms with van der Waals surface area (Å²) in [7, 11) is 1.35. The van der Waals surface area contributed by atoms with Gasteiger partial charge < -0.3 is 4.74 Å². The average molecular weight is 222 g/mol. The molecular formula is C12H18N2O2. The molecule has 0 fully saturated rings. The molecule has 0 aliphatic carbocycles. The molecule has 0 unspecified atom stereocenters. The second-order valence-electron chi connectivity index (χ2n) is 4.28. The third kappa shape index (κ3) is 2.78. The average Bonchev–Trinajstić information content (AvgIpc) is 2.20. The van der Waals surface area contributed by atoms with Gasteiger partial charge in [0.2, 0.25) is 0 Å². The molecule has 16 heavy (non-hydrogen) atoms. The van der Waals surface area contributed by atoms with Gasteiger partial charge in [0, 0.05) is 0 Å². The molecule has 0 spiro atoms. The normalized spacial score (nSPS) is 10.6. The van der Waals surface area contributed by atoms with Crippen molar-refractivity contribution in [1.82, 2.24) is 9.97 Å². The predicted molar refractivity (Wildman–Crippen MR) is 61.4 cm³/mol. The minimum Gasteiger partial charge on any atom is -0.464 e. The van der Waals surface area contributed by atoms with Gasteiger partial charge in [-0.1, -0.05) is 13.8 Å². The number of carbonyl (C=O) groups is 1. The van der Waals surface area contributed by atoms with Crippen molar-refractivity contribution in [2.45, 2.75) is 34.1 Å². The van der Waals surface area contributed by atoms with Crippen LogP contribution in [0, 0.1) is 19.8 Å². The van der Waals surface area contributed by atoms with E-state index in [-0.39, 0.29) is 0 Å². The fourth-order valence-corrected chi connectivity index (χ4v) is 1.54. The molecule has 1 rings (SSSR count). The van der Waals surface area contributed by atoms with Gasteiger partial charge in [0.1, 0.15) is 0 Å². The van der Waals surface area contributed by atoms with Crippen molar-refractivity contribution in [3.05, 3.63) is 22.8 Å². The highest BCUT2D eigenvalue weighted by molar-refractivity contribution is 5.88. The Hall–Kier alpha value is -1.45. The third-order valence-corrected chi connectivity index (χ3v) is 2.32. The van der Waals surface area contributed by atoms with Gasteiger partial charge in [0.05, 0.1) is 24.2 Å². The molecule has 0 aromatic carbocycles. The van der Waals surface area contributed by atoms with Crippen LogP contribution in [0.15, 0.2) is 0 Å². The second kappa shape index (κ2) is 5.05. The number of nitrogens with zero attached hydrogens (tertiary/aromatic N) is 2. The zero-order chi connectivity index (χ0) is 12.3. The van der Waals surface area contributed by atoms with Gasteiger partial charge in [0.15, 0.2) is 5.69 Å². The van der Waals surface area contributed by atoms with E-state index < -0.39 is 5.97 Å². The van der Waals surface area contributed by atoms with Crippen molar-refractivity contribution in [3.8, 4) is 0 Å². The van der Waals surface area contributed by atoms with Crippen LogP contribution in [0.5, 0.6) is 0 Å². The summed E-state index contributed by atoms with van der Waals surface area (Å²) in [5.74, 6) is 0.0659. The number of methoxy groups -OCH3 is 1. The first-order valence-corrected chi connectivity index (χ1v) is 5.38. The fourth-order valence-electron chi connectivity index (χ4n) is 1.54. The number of rotatable bonds is 3. The maximum Gasteiger partial charge on any atom is 0.358 e. The van der Waals surface area contributed by atoms with E-state index in [1.807, 2.05) is 6.92 Å². The molecule has 0 bridgehead atoms. The molecule has 0 saturated heterocycles. The molecule has 1 aromatic heterocycles. The van der Waals surface area contributed by atoms with Crippen molar-refractivity contribution in [2.24, 2.45) is 5.92 Å². The molecule has 1 aromatic rings. The second-order valence-corrected chi connectivity index (χ2v) is 4.28. The van der Waals surface area contributed by atoms with Crippen LogP contribution in [-0.4, -0.2) is 23.0 Å². The van der Waals surface area contributed by atoms with Crippen LogP contribution in [0.3, 0.4) is 0 Å². The highest BCUT2D eigenvalue weighted by Crippen LogP contribution is 2.13. The lowest BCUT2D eigenvalue weighted by Crippen LogP contribution is -2.13. The van der Waals surface area contributed by atoms with Gasteiger partial charge in [-0.05, 0) is 26.2 Å². The first kappa shape index (κ1) is 12.6. The quantitative estimate of drug-likeness (QED) is 0.735. The number of hydrogen-bond donors (Lipinski definition) is 0. The van der Waals surface area contributed by atoms with Crippen LogP contribution in [0.25, 0.3) is 0 Å². The van der Waals surface area contributed by atoms with Crippen LogP contribution in [0.1, 0.15) is 41.4 Å². The summed E-state index contributed by atoms with van der Waals surface area (Å²) >= 11 is 0. The summed E-state index contributed by atoms with van der Waals surface area (Å²) < 4.78 is 4.68. The molecular weight excluding hydrogens is 204 g/mol. The summed E-state index contributed by atoms with van der Waals surface area (Å²) in [5, 5.41) is 0. The molecule has 0 N–H and O–H groups in total. The molecule has 88 valence electrons. The number of aromatic nitrogens is 2. The smallest absolute Gasteiger partial charge is 0.358 e. The van der Waals surface area contributed by atoms with Crippen molar-refractivity contribution in [1.29, 1.82) is 0 Å². The molecule has 0 atom stereocenters. The lowest BCUT2D eigenvalue weighted by Gasteiger charge is -2.10. The molecule has 4 nitrogen and oxygen atoms in total. The van der Waals surface area contributed by atoms with Gasteiger partial charge in [0.25, 0.3) is 0 Å². The molecule has 0 saturated carbocycles. The first-order valence-electron chi connectivity index (χ1n) is 5.38. The summed E-state index contributed by atoms with van der Waals surface area (Å²) in [6, 6.07) is 0. The number of aryl methyl sites for hydroxylation is 2. The monoisotopic (exact) mass is 222 g/mol. The number of esters is 1. The van der Waals surface area contributed by atoms with E-state index in [2.05, 4.69) is 28.6 Å². The van der Waals surface area contributed by atoms with Gasteiger partial charge in [-0.25, -0.2) is 9.78 Å². The number of carbonyl (C=O) groups excluding carboxylic acids is 1. The van der Waals surface area contributed by atoms with E-state index in [1.165, 1.54) is 7.11 Å². The van der Waals surface area contributed by atoms with Crippen molar-refractivity contribution in [2.75, 3.05) is 7.11 Å². The summed E-state index contributed by atoms with van der Waals surface area (Å²) in [5.41, 5.74) is 2.71. The van der Waals surface area contributed by atoms with Crippen LogP contribution in [-0.2, 0) is 11.2 Å². The molecule has 0 aliphatic rings. The van der Waals surface area contributed by atoms with E-state index in [4.69, 9.17) is 0 Å². The highest BCUT2D eigenvalue weighted by atomic mass is 16.5. The molecule has 1 heterocycles. The summed E-state index contributed by atoms with van der Waals surface area (Å²) in [6.45, 7) is 7.90. The standard InChI is InChI=1S/C12H18N2O2/c1-7(2)6-10-8(3)13-9(4)11(14-10)12(15)16-5/h7H,6H2,1-5H3. The Bertz CT molecular complexity index is 400. The number of ether oxygens (including phenoxy) is 1. The van der Waals surface area contributed by atoms with Gasteiger partial charge >= 0.3 is 5.97 Å². The SMILES string of the molecule is COC(=O)c1nc(CC(C)C)c(C)nc1C. The zero-order valence-electron chi connectivity index (χ0n) is 10.5. The van der Waals surface area contributed by atoms with E-state index in [0.29, 0.717) is 17.3 Å². The largest absolute Gasteiger partial charge is 0.464 e. The van der Waals surface area contributed by atoms with Crippen molar-refractivity contribution >= 4 is 5.97 Å². The maximum absolute atomic E-state index is 11.5. The Morgan fingerprint density at radius 2 is 1.88 bits per heavy atom. The Labute approximate surface area is 96.1 Å². The first-order chi connectivity index (χ1) is 7.45. The Kier molecular flexibility index (Phi) is 3.99. The third-order valence-electron chi connectivity index (χ3n) is 2.32. The summed E-state index contributed by atoms with van der Waals surface area (Å²) in [4.78, 5) is 20.1. The molecule has 0 aliphatic heterocycles. The Morgan fingerprint density at radius 1 is 1.25 bits per heavy atom. The topological polar surface area (TPSA) is 52.1 Å². The lowest BCUT2D eigenvalue weighted by atomic mass is 10.1.